The molecular formula is C22H19Cl2FN4O3. The molecule has 10 heteroatoms. The summed E-state index contributed by atoms with van der Waals surface area (Å²) in [6.45, 7) is 2.46. The van der Waals surface area contributed by atoms with Gasteiger partial charge in [-0.1, -0.05) is 23.2 Å². The van der Waals surface area contributed by atoms with Gasteiger partial charge in [-0.25, -0.2) is 19.2 Å². The number of benzene rings is 1. The third-order valence-electron chi connectivity index (χ3n) is 4.26. The van der Waals surface area contributed by atoms with Crippen molar-refractivity contribution >= 4 is 41.1 Å². The van der Waals surface area contributed by atoms with E-state index in [1.54, 1.807) is 30.5 Å². The maximum Gasteiger partial charge on any atom is 0.357 e. The summed E-state index contributed by atoms with van der Waals surface area (Å²) in [5.41, 5.74) is 1.21. The summed E-state index contributed by atoms with van der Waals surface area (Å²) < 4.78 is 24.2. The monoisotopic (exact) mass is 476 g/mol. The van der Waals surface area contributed by atoms with E-state index in [0.29, 0.717) is 28.5 Å². The van der Waals surface area contributed by atoms with Crippen LogP contribution in [0, 0.1) is 5.82 Å². The predicted octanol–water partition coefficient (Wildman–Crippen LogP) is 5.39. The van der Waals surface area contributed by atoms with Gasteiger partial charge in [0.1, 0.15) is 11.6 Å². The van der Waals surface area contributed by atoms with Gasteiger partial charge in [-0.15, -0.1) is 0 Å². The molecule has 0 saturated heterocycles. The largest absolute Gasteiger partial charge is 0.501 e. The third kappa shape index (κ3) is 5.52. The molecule has 32 heavy (non-hydrogen) atoms. The molecular weight excluding hydrogens is 458 g/mol. The number of nitrogens with one attached hydrogen (secondary N) is 1. The standard InChI is InChI=1S/C22H19Cl2FN4O3/c1-3-32-10-8-14-19(22(30)31-2)28-20(13-6-7-15(23)17(25)11-13)29-21(14)27-12-18-16(24)5-4-9-26-18/h4-11H,3,12H2,1-2H3,(H,27,28,29)/b10-8-. The Balaban J connectivity index is 2.13. The Morgan fingerprint density at radius 3 is 2.72 bits per heavy atom. The molecule has 0 atom stereocenters. The lowest BCUT2D eigenvalue weighted by Gasteiger charge is -2.14. The number of nitrogens with zero attached hydrogens (tertiary/aromatic N) is 3. The van der Waals surface area contributed by atoms with Crippen LogP contribution >= 0.6 is 23.2 Å². The highest BCUT2D eigenvalue weighted by molar-refractivity contribution is 6.31. The Morgan fingerprint density at radius 2 is 2.03 bits per heavy atom. The van der Waals surface area contributed by atoms with Crippen molar-refractivity contribution in [3.63, 3.8) is 0 Å². The van der Waals surface area contributed by atoms with E-state index in [4.69, 9.17) is 32.7 Å². The van der Waals surface area contributed by atoms with Crippen molar-refractivity contribution in [2.24, 2.45) is 0 Å². The Morgan fingerprint density at radius 1 is 1.22 bits per heavy atom. The van der Waals surface area contributed by atoms with Gasteiger partial charge < -0.3 is 14.8 Å². The zero-order valence-corrected chi connectivity index (χ0v) is 18.7. The van der Waals surface area contributed by atoms with Gasteiger partial charge in [0.15, 0.2) is 11.5 Å². The van der Waals surface area contributed by atoms with Crippen molar-refractivity contribution in [2.45, 2.75) is 13.5 Å². The lowest BCUT2D eigenvalue weighted by molar-refractivity contribution is 0.0593. The minimum absolute atomic E-state index is 0.0292. The maximum absolute atomic E-state index is 14.0. The molecule has 0 aliphatic carbocycles. The van der Waals surface area contributed by atoms with Crippen LogP contribution in [0.3, 0.4) is 0 Å². The van der Waals surface area contributed by atoms with Crippen LogP contribution in [-0.4, -0.2) is 34.6 Å². The highest BCUT2D eigenvalue weighted by Crippen LogP contribution is 2.27. The summed E-state index contributed by atoms with van der Waals surface area (Å²) in [4.78, 5) is 25.6. The van der Waals surface area contributed by atoms with Crippen molar-refractivity contribution in [1.82, 2.24) is 15.0 Å². The molecule has 0 aliphatic heterocycles. The fraction of sp³-hybridized carbons (Fsp3) is 0.182. The Kier molecular flexibility index (Phi) is 7.97. The molecule has 0 saturated carbocycles. The van der Waals surface area contributed by atoms with Crippen molar-refractivity contribution in [3.05, 3.63) is 75.6 Å². The first-order valence-electron chi connectivity index (χ1n) is 9.51. The number of hydrogen-bond acceptors (Lipinski definition) is 7. The number of pyridine rings is 1. The molecule has 7 nitrogen and oxygen atoms in total. The molecule has 0 aliphatic rings. The molecule has 1 aromatic carbocycles. The molecule has 0 bridgehead atoms. The van der Waals surface area contributed by atoms with Gasteiger partial charge in [0, 0.05) is 11.8 Å². The van der Waals surface area contributed by atoms with Crippen LogP contribution in [0.1, 0.15) is 28.7 Å². The molecule has 3 aromatic rings. The first-order chi connectivity index (χ1) is 15.4. The number of rotatable bonds is 8. The molecule has 0 fully saturated rings. The van der Waals surface area contributed by atoms with Gasteiger partial charge in [0.05, 0.1) is 47.8 Å². The predicted molar refractivity (Wildman–Crippen MR) is 121 cm³/mol. The van der Waals surface area contributed by atoms with E-state index >= 15 is 0 Å². The highest BCUT2D eigenvalue weighted by Gasteiger charge is 2.21. The Labute approximate surface area is 194 Å². The van der Waals surface area contributed by atoms with Crippen molar-refractivity contribution in [3.8, 4) is 11.4 Å². The maximum atomic E-state index is 14.0. The summed E-state index contributed by atoms with van der Waals surface area (Å²) in [7, 11) is 1.24. The van der Waals surface area contributed by atoms with Crippen molar-refractivity contribution in [1.29, 1.82) is 0 Å². The van der Waals surface area contributed by atoms with Crippen LogP contribution in [0.5, 0.6) is 0 Å². The van der Waals surface area contributed by atoms with E-state index in [0.717, 1.165) is 0 Å². The SMILES string of the molecule is CCO/C=C\c1c(NCc2ncccc2Cl)nc(-c2ccc(Cl)c(F)c2)nc1C(=O)OC. The molecule has 0 radical (unpaired) electrons. The van der Waals surface area contributed by atoms with Gasteiger partial charge >= 0.3 is 5.97 Å². The molecule has 3 rings (SSSR count). The van der Waals surface area contributed by atoms with E-state index in [-0.39, 0.29) is 28.9 Å². The number of carbonyl (C=O) groups excluding carboxylic acids is 1. The smallest absolute Gasteiger partial charge is 0.357 e. The normalized spacial score (nSPS) is 10.9. The number of esters is 1. The molecule has 0 spiro atoms. The number of methoxy groups -OCH3 is 1. The van der Waals surface area contributed by atoms with E-state index < -0.39 is 11.8 Å². The molecule has 1 N–H and O–H groups in total. The number of hydrogen-bond donors (Lipinski definition) is 1. The van der Waals surface area contributed by atoms with Gasteiger partial charge in [-0.2, -0.15) is 0 Å². The van der Waals surface area contributed by atoms with Crippen LogP contribution in [0.15, 0.2) is 42.8 Å². The summed E-state index contributed by atoms with van der Waals surface area (Å²) in [6.07, 6.45) is 4.58. The number of aromatic nitrogens is 3. The second kappa shape index (κ2) is 10.9. The van der Waals surface area contributed by atoms with Crippen LogP contribution < -0.4 is 5.32 Å². The quantitative estimate of drug-likeness (QED) is 0.344. The second-order valence-corrected chi connectivity index (χ2v) is 7.14. The number of halogens is 3. The van der Waals surface area contributed by atoms with Gasteiger partial charge in [0.2, 0.25) is 0 Å². The first kappa shape index (κ1) is 23.4. The van der Waals surface area contributed by atoms with Gasteiger partial charge in [-0.05, 0) is 43.3 Å². The minimum Gasteiger partial charge on any atom is -0.501 e. The fourth-order valence-electron chi connectivity index (χ4n) is 2.71. The Bertz CT molecular complexity index is 1160. The summed E-state index contributed by atoms with van der Waals surface area (Å²) >= 11 is 12.0. The lowest BCUT2D eigenvalue weighted by atomic mass is 10.1. The van der Waals surface area contributed by atoms with Crippen LogP contribution in [0.4, 0.5) is 10.2 Å². The zero-order valence-electron chi connectivity index (χ0n) is 17.2. The molecule has 166 valence electrons. The van der Waals surface area contributed by atoms with E-state index in [2.05, 4.69) is 20.3 Å². The van der Waals surface area contributed by atoms with Crippen molar-refractivity contribution < 1.29 is 18.7 Å². The lowest BCUT2D eigenvalue weighted by Crippen LogP contribution is -2.14. The van der Waals surface area contributed by atoms with Crippen LogP contribution in [0.2, 0.25) is 10.0 Å². The summed E-state index contributed by atoms with van der Waals surface area (Å²) in [5, 5.41) is 3.55. The van der Waals surface area contributed by atoms with E-state index in [1.165, 1.54) is 25.5 Å². The van der Waals surface area contributed by atoms with Crippen LogP contribution in [0.25, 0.3) is 17.5 Å². The minimum atomic E-state index is -0.696. The second-order valence-electron chi connectivity index (χ2n) is 6.32. The van der Waals surface area contributed by atoms with Crippen molar-refractivity contribution in [2.75, 3.05) is 19.0 Å². The Hall–Kier alpha value is -3.23. The van der Waals surface area contributed by atoms with E-state index in [1.807, 2.05) is 6.92 Å². The topological polar surface area (TPSA) is 86.2 Å². The molecule has 2 aromatic heterocycles. The fourth-order valence-corrected chi connectivity index (χ4v) is 3.01. The van der Waals surface area contributed by atoms with Crippen LogP contribution in [-0.2, 0) is 16.0 Å². The highest BCUT2D eigenvalue weighted by atomic mass is 35.5. The molecule has 0 amide bonds. The first-order valence-corrected chi connectivity index (χ1v) is 10.3. The third-order valence-corrected chi connectivity index (χ3v) is 4.91. The van der Waals surface area contributed by atoms with E-state index in [9.17, 15) is 9.18 Å². The number of anilines is 1. The zero-order chi connectivity index (χ0) is 23.1. The van der Waals surface area contributed by atoms with Gasteiger partial charge in [-0.3, -0.25) is 4.98 Å². The molecule has 2 heterocycles. The summed E-state index contributed by atoms with van der Waals surface area (Å²) in [6, 6.07) is 7.56. The average Bonchev–Trinajstić information content (AvgIpc) is 2.80. The number of carbonyl (C=O) groups is 1. The van der Waals surface area contributed by atoms with Gasteiger partial charge in [0.25, 0.3) is 0 Å². The molecule has 0 unspecified atom stereocenters. The average molecular weight is 477 g/mol. The summed E-state index contributed by atoms with van der Waals surface area (Å²) in [5.74, 6) is -0.951. The number of ether oxygens (including phenoxy) is 2.